The second-order valence-corrected chi connectivity index (χ2v) is 7.93. The SMILES string of the molecule is Nc1nc(Nc2ccc(OCCn3ccnc3)cc2)nn1C(=O)c1ccc2sccc2c1. The first-order valence-electron chi connectivity index (χ1n) is 9.86. The van der Waals surface area contributed by atoms with E-state index in [4.69, 9.17) is 10.5 Å². The van der Waals surface area contributed by atoms with Gasteiger partial charge in [-0.3, -0.25) is 4.79 Å². The molecule has 0 spiro atoms. The summed E-state index contributed by atoms with van der Waals surface area (Å²) in [5.74, 6) is 0.661. The number of nitrogens with two attached hydrogens (primary N) is 1. The van der Waals surface area contributed by atoms with Gasteiger partial charge in [0.05, 0.1) is 12.9 Å². The van der Waals surface area contributed by atoms with Gasteiger partial charge in [0.2, 0.25) is 11.9 Å². The van der Waals surface area contributed by atoms with Gasteiger partial charge < -0.3 is 20.4 Å². The van der Waals surface area contributed by atoms with Gasteiger partial charge in [-0.15, -0.1) is 16.4 Å². The maximum absolute atomic E-state index is 12.9. The lowest BCUT2D eigenvalue weighted by Gasteiger charge is -2.08. The fourth-order valence-electron chi connectivity index (χ4n) is 3.20. The van der Waals surface area contributed by atoms with Crippen molar-refractivity contribution in [3.8, 4) is 5.75 Å². The third-order valence-electron chi connectivity index (χ3n) is 4.81. The normalized spacial score (nSPS) is 11.0. The van der Waals surface area contributed by atoms with Crippen LogP contribution in [-0.2, 0) is 6.54 Å². The Kier molecular flexibility index (Phi) is 5.26. The summed E-state index contributed by atoms with van der Waals surface area (Å²) in [6.07, 6.45) is 5.37. The van der Waals surface area contributed by atoms with E-state index in [1.54, 1.807) is 29.9 Å². The molecule has 0 bridgehead atoms. The summed E-state index contributed by atoms with van der Waals surface area (Å²) in [6, 6.07) is 14.9. The van der Waals surface area contributed by atoms with Crippen molar-refractivity contribution in [2.45, 2.75) is 6.54 Å². The van der Waals surface area contributed by atoms with Gasteiger partial charge in [-0.25, -0.2) is 4.98 Å². The molecule has 10 heteroatoms. The average Bonchev–Trinajstić information content (AvgIpc) is 3.55. The Labute approximate surface area is 187 Å². The molecule has 0 saturated heterocycles. The van der Waals surface area contributed by atoms with Crippen molar-refractivity contribution in [2.24, 2.45) is 0 Å². The van der Waals surface area contributed by atoms with Crippen molar-refractivity contribution in [3.05, 3.63) is 78.2 Å². The number of fused-ring (bicyclic) bond motifs is 1. The highest BCUT2D eigenvalue weighted by Gasteiger charge is 2.16. The number of nitrogen functional groups attached to an aromatic ring is 1. The van der Waals surface area contributed by atoms with Crippen LogP contribution in [0.15, 0.2) is 72.6 Å². The monoisotopic (exact) mass is 445 g/mol. The molecule has 0 saturated carbocycles. The number of thiophene rings is 1. The lowest BCUT2D eigenvalue weighted by atomic mass is 10.1. The van der Waals surface area contributed by atoms with E-state index in [1.807, 2.05) is 58.6 Å². The number of anilines is 3. The van der Waals surface area contributed by atoms with Crippen molar-refractivity contribution < 1.29 is 9.53 Å². The molecule has 0 unspecified atom stereocenters. The Morgan fingerprint density at radius 1 is 1.16 bits per heavy atom. The first-order chi connectivity index (χ1) is 15.7. The highest BCUT2D eigenvalue weighted by Crippen LogP contribution is 2.23. The third-order valence-corrected chi connectivity index (χ3v) is 5.71. The number of hydrogen-bond donors (Lipinski definition) is 2. The van der Waals surface area contributed by atoms with Crippen LogP contribution in [-0.4, -0.2) is 36.8 Å². The quantitative estimate of drug-likeness (QED) is 0.392. The Morgan fingerprint density at radius 2 is 2.03 bits per heavy atom. The molecule has 32 heavy (non-hydrogen) atoms. The van der Waals surface area contributed by atoms with Crippen LogP contribution in [0.1, 0.15) is 10.4 Å². The van der Waals surface area contributed by atoms with E-state index >= 15 is 0 Å². The van der Waals surface area contributed by atoms with Crippen LogP contribution in [0.2, 0.25) is 0 Å². The molecular formula is C22H19N7O2S. The van der Waals surface area contributed by atoms with Gasteiger partial charge in [0.25, 0.3) is 5.91 Å². The highest BCUT2D eigenvalue weighted by molar-refractivity contribution is 7.17. The number of aromatic nitrogens is 5. The smallest absolute Gasteiger partial charge is 0.281 e. The fourth-order valence-corrected chi connectivity index (χ4v) is 3.97. The van der Waals surface area contributed by atoms with Gasteiger partial charge in [-0.05, 0) is 59.3 Å². The van der Waals surface area contributed by atoms with Crippen LogP contribution in [0, 0.1) is 0 Å². The molecule has 0 radical (unpaired) electrons. The van der Waals surface area contributed by atoms with Gasteiger partial charge >= 0.3 is 0 Å². The number of benzene rings is 2. The molecule has 3 heterocycles. The average molecular weight is 446 g/mol. The summed E-state index contributed by atoms with van der Waals surface area (Å²) in [5.41, 5.74) is 7.19. The van der Waals surface area contributed by atoms with E-state index in [2.05, 4.69) is 20.4 Å². The Hall–Kier alpha value is -4.18. The van der Waals surface area contributed by atoms with Crippen LogP contribution in [0.4, 0.5) is 17.6 Å². The van der Waals surface area contributed by atoms with Crippen LogP contribution < -0.4 is 15.8 Å². The summed E-state index contributed by atoms with van der Waals surface area (Å²) in [7, 11) is 0. The zero-order valence-corrected chi connectivity index (χ0v) is 17.7. The Morgan fingerprint density at radius 3 is 2.84 bits per heavy atom. The molecule has 3 N–H and O–H groups in total. The topological polar surface area (TPSA) is 113 Å². The van der Waals surface area contributed by atoms with Gasteiger partial charge in [0.15, 0.2) is 0 Å². The first-order valence-corrected chi connectivity index (χ1v) is 10.7. The molecule has 160 valence electrons. The zero-order chi connectivity index (χ0) is 21.9. The van der Waals surface area contributed by atoms with Gasteiger partial charge in [0.1, 0.15) is 12.4 Å². The van der Waals surface area contributed by atoms with Crippen molar-refractivity contribution >= 4 is 44.9 Å². The molecule has 0 fully saturated rings. The lowest BCUT2D eigenvalue weighted by Crippen LogP contribution is -2.16. The number of hydrogen-bond acceptors (Lipinski definition) is 8. The van der Waals surface area contributed by atoms with Crippen LogP contribution in [0.25, 0.3) is 10.1 Å². The predicted molar refractivity (Wildman–Crippen MR) is 123 cm³/mol. The van der Waals surface area contributed by atoms with Crippen LogP contribution in [0.5, 0.6) is 5.75 Å². The summed E-state index contributed by atoms with van der Waals surface area (Å²) in [6.45, 7) is 1.25. The highest BCUT2D eigenvalue weighted by atomic mass is 32.1. The second kappa shape index (κ2) is 8.52. The van der Waals surface area contributed by atoms with Crippen LogP contribution in [0.3, 0.4) is 0 Å². The number of nitrogens with zero attached hydrogens (tertiary/aromatic N) is 5. The van der Waals surface area contributed by atoms with E-state index < -0.39 is 0 Å². The molecule has 0 amide bonds. The number of carbonyl (C=O) groups excluding carboxylic acids is 1. The Bertz CT molecular complexity index is 1360. The Balaban J connectivity index is 1.24. The fraction of sp³-hybridized carbons (Fsp3) is 0.0909. The number of nitrogens with one attached hydrogen (secondary N) is 1. The minimum absolute atomic E-state index is 0.0161. The maximum atomic E-state index is 12.9. The molecule has 2 aromatic carbocycles. The number of imidazole rings is 1. The molecule has 0 aliphatic carbocycles. The molecule has 0 aliphatic rings. The van der Waals surface area contributed by atoms with Crippen molar-refractivity contribution in [1.82, 2.24) is 24.3 Å². The zero-order valence-electron chi connectivity index (χ0n) is 16.9. The van der Waals surface area contributed by atoms with E-state index in [0.717, 1.165) is 26.2 Å². The summed E-state index contributed by atoms with van der Waals surface area (Å²) in [5, 5.41) is 10.3. The largest absolute Gasteiger partial charge is 0.492 e. The minimum Gasteiger partial charge on any atom is -0.492 e. The van der Waals surface area contributed by atoms with Crippen molar-refractivity contribution in [2.75, 3.05) is 17.7 Å². The maximum Gasteiger partial charge on any atom is 0.281 e. The van der Waals surface area contributed by atoms with E-state index in [9.17, 15) is 4.79 Å². The molecule has 3 aromatic heterocycles. The minimum atomic E-state index is -0.335. The number of rotatable bonds is 7. The van der Waals surface area contributed by atoms with Gasteiger partial charge in [-0.1, -0.05) is 0 Å². The summed E-state index contributed by atoms with van der Waals surface area (Å²) < 4.78 is 9.90. The number of carbonyl (C=O) groups is 1. The van der Waals surface area contributed by atoms with E-state index in [0.29, 0.717) is 18.7 Å². The predicted octanol–water partition coefficient (Wildman–Crippen LogP) is 3.78. The molecule has 5 rings (SSSR count). The summed E-state index contributed by atoms with van der Waals surface area (Å²) >= 11 is 1.62. The van der Waals surface area contributed by atoms with Crippen molar-refractivity contribution in [1.29, 1.82) is 0 Å². The number of ether oxygens (including phenoxy) is 1. The molecule has 9 nitrogen and oxygen atoms in total. The second-order valence-electron chi connectivity index (χ2n) is 6.98. The van der Waals surface area contributed by atoms with E-state index in [1.165, 1.54) is 0 Å². The van der Waals surface area contributed by atoms with Gasteiger partial charge in [-0.2, -0.15) is 9.67 Å². The van der Waals surface area contributed by atoms with Crippen molar-refractivity contribution in [3.63, 3.8) is 0 Å². The van der Waals surface area contributed by atoms with Crippen LogP contribution >= 0.6 is 11.3 Å². The molecule has 0 aliphatic heterocycles. The molecule has 0 atom stereocenters. The molecular weight excluding hydrogens is 426 g/mol. The first kappa shape index (κ1) is 19.8. The van der Waals surface area contributed by atoms with E-state index in [-0.39, 0.29) is 17.8 Å². The standard InChI is InChI=1S/C22H19N7O2S/c23-21-26-22(27-29(21)20(30)16-1-6-19-15(13-16)7-12-32-19)25-17-2-4-18(5-3-17)31-11-10-28-9-8-24-14-28/h1-9,12-14H,10-11H2,(H3,23,25,26,27). The lowest BCUT2D eigenvalue weighted by molar-refractivity contribution is 0.0948. The van der Waals surface area contributed by atoms with Gasteiger partial charge in [0, 0.05) is 28.3 Å². The molecule has 5 aromatic rings. The summed E-state index contributed by atoms with van der Waals surface area (Å²) in [4.78, 5) is 21.0. The third kappa shape index (κ3) is 4.16.